The van der Waals surface area contributed by atoms with E-state index >= 15 is 0 Å². The summed E-state index contributed by atoms with van der Waals surface area (Å²) in [5, 5.41) is 12.3. The predicted octanol–water partition coefficient (Wildman–Crippen LogP) is 3.71. The van der Waals surface area contributed by atoms with E-state index in [0.29, 0.717) is 36.2 Å². The Morgan fingerprint density at radius 1 is 1.22 bits per heavy atom. The molecule has 8 nitrogen and oxygen atoms in total. The summed E-state index contributed by atoms with van der Waals surface area (Å²) in [6.07, 6.45) is 3.63. The Balaban J connectivity index is 2.01. The molecule has 1 aliphatic heterocycles. The number of benzene rings is 1. The van der Waals surface area contributed by atoms with Crippen molar-refractivity contribution >= 4 is 27.7 Å². The number of nitrogens with zero attached hydrogens (tertiary/aromatic N) is 4. The van der Waals surface area contributed by atoms with Crippen molar-refractivity contribution in [2.45, 2.75) is 74.7 Å². The summed E-state index contributed by atoms with van der Waals surface area (Å²) in [4.78, 5) is 12.7. The average molecular weight is 480 g/mol. The maximum Gasteiger partial charge on any atom is 0.243 e. The van der Waals surface area contributed by atoms with Gasteiger partial charge in [-0.25, -0.2) is 8.42 Å². The van der Waals surface area contributed by atoms with E-state index in [0.717, 1.165) is 25.7 Å². The van der Waals surface area contributed by atoms with Crippen LogP contribution in [0.2, 0.25) is 0 Å². The highest BCUT2D eigenvalue weighted by molar-refractivity contribution is 8.00. The van der Waals surface area contributed by atoms with E-state index in [1.165, 1.54) is 16.1 Å². The second-order valence-electron chi connectivity index (χ2n) is 7.94. The zero-order valence-corrected chi connectivity index (χ0v) is 20.9. The van der Waals surface area contributed by atoms with Crippen LogP contribution in [0.15, 0.2) is 34.3 Å². The molecule has 1 aliphatic rings. The van der Waals surface area contributed by atoms with Gasteiger partial charge in [0.1, 0.15) is 0 Å². The number of amides is 1. The molecule has 1 aromatic carbocycles. The van der Waals surface area contributed by atoms with Gasteiger partial charge in [0.25, 0.3) is 0 Å². The Hall–Kier alpha value is -1.91. The third-order valence-corrected chi connectivity index (χ3v) is 9.13. The Labute approximate surface area is 195 Å². The Kier molecular flexibility index (Phi) is 8.35. The molecule has 176 valence electrons. The summed E-state index contributed by atoms with van der Waals surface area (Å²) < 4.78 is 29.5. The number of aromatic nitrogens is 3. The topological polar surface area (TPSA) is 97.2 Å². The van der Waals surface area contributed by atoms with Crippen LogP contribution >= 0.6 is 11.8 Å². The molecule has 2 unspecified atom stereocenters. The molecule has 2 heterocycles. The number of sulfonamides is 1. The smallest absolute Gasteiger partial charge is 0.243 e. The van der Waals surface area contributed by atoms with Gasteiger partial charge < -0.3 is 5.32 Å². The number of carbonyl (C=O) groups is 1. The van der Waals surface area contributed by atoms with Crippen molar-refractivity contribution in [2.24, 2.45) is 0 Å². The predicted molar refractivity (Wildman–Crippen MR) is 127 cm³/mol. The van der Waals surface area contributed by atoms with Crippen molar-refractivity contribution in [3.63, 3.8) is 0 Å². The lowest BCUT2D eigenvalue weighted by molar-refractivity contribution is -0.120. The molecule has 2 aromatic rings. The first-order valence-electron chi connectivity index (χ1n) is 11.3. The normalized spacial score (nSPS) is 18.4. The van der Waals surface area contributed by atoms with Crippen molar-refractivity contribution in [3.8, 4) is 11.4 Å². The zero-order valence-electron chi connectivity index (χ0n) is 19.2. The molecule has 0 saturated carbocycles. The van der Waals surface area contributed by atoms with Crippen LogP contribution in [0.5, 0.6) is 0 Å². The summed E-state index contributed by atoms with van der Waals surface area (Å²) in [7, 11) is -3.58. The lowest BCUT2D eigenvalue weighted by Gasteiger charge is -2.20. The van der Waals surface area contributed by atoms with Crippen molar-refractivity contribution in [1.29, 1.82) is 0 Å². The van der Waals surface area contributed by atoms with Crippen LogP contribution in [-0.4, -0.2) is 58.3 Å². The van der Waals surface area contributed by atoms with Crippen LogP contribution in [0.4, 0.5) is 0 Å². The minimum absolute atomic E-state index is 0.0417. The van der Waals surface area contributed by atoms with E-state index < -0.39 is 10.0 Å². The number of nitrogens with one attached hydrogen (secondary N) is 1. The van der Waals surface area contributed by atoms with Crippen LogP contribution < -0.4 is 5.32 Å². The molecule has 1 saturated heterocycles. The molecule has 0 spiro atoms. The van der Waals surface area contributed by atoms with Crippen LogP contribution in [0.1, 0.15) is 59.4 Å². The summed E-state index contributed by atoms with van der Waals surface area (Å²) in [6, 6.07) is 6.99. The van der Waals surface area contributed by atoms with Gasteiger partial charge in [0, 0.05) is 31.2 Å². The van der Waals surface area contributed by atoms with E-state index in [-0.39, 0.29) is 22.1 Å². The summed E-state index contributed by atoms with van der Waals surface area (Å²) in [6.45, 7) is 9.37. The first kappa shape index (κ1) is 24.7. The van der Waals surface area contributed by atoms with Gasteiger partial charge in [0.05, 0.1) is 10.1 Å². The zero-order chi connectivity index (χ0) is 23.3. The molecule has 0 bridgehead atoms. The van der Waals surface area contributed by atoms with Crippen molar-refractivity contribution in [2.75, 3.05) is 19.6 Å². The highest BCUT2D eigenvalue weighted by Crippen LogP contribution is 2.34. The number of hydrogen-bond donors (Lipinski definition) is 1. The van der Waals surface area contributed by atoms with Crippen LogP contribution in [0, 0.1) is 0 Å². The molecule has 0 aliphatic carbocycles. The third kappa shape index (κ3) is 5.18. The lowest BCUT2D eigenvalue weighted by atomic mass is 10.2. The standard InChI is InChI=1S/C22H33N5O3S2/c1-5-16(4)27-20(24-25-22(27)31-19-13-8-9-14-23-21(19)28)17-11-10-12-18(15-17)32(29,30)26(6-2)7-3/h10-12,15-16,19H,5-9,13-14H2,1-4H3,(H,23,28). The molecule has 0 radical (unpaired) electrons. The molecule has 2 atom stereocenters. The van der Waals surface area contributed by atoms with E-state index in [1.807, 2.05) is 24.5 Å². The molecule has 1 amide bonds. The fraction of sp³-hybridized carbons (Fsp3) is 0.591. The number of rotatable bonds is 9. The lowest BCUT2D eigenvalue weighted by Crippen LogP contribution is -2.31. The summed E-state index contributed by atoms with van der Waals surface area (Å²) in [5.41, 5.74) is 0.697. The van der Waals surface area contributed by atoms with E-state index in [1.54, 1.807) is 18.2 Å². The van der Waals surface area contributed by atoms with Crippen molar-refractivity contribution in [3.05, 3.63) is 24.3 Å². The number of thioether (sulfide) groups is 1. The van der Waals surface area contributed by atoms with Crippen molar-refractivity contribution in [1.82, 2.24) is 24.4 Å². The first-order chi connectivity index (χ1) is 15.3. The second kappa shape index (κ2) is 10.8. The van der Waals surface area contributed by atoms with Crippen molar-refractivity contribution < 1.29 is 13.2 Å². The van der Waals surface area contributed by atoms with Gasteiger partial charge in [-0.2, -0.15) is 4.31 Å². The second-order valence-corrected chi connectivity index (χ2v) is 11.1. The van der Waals surface area contributed by atoms with Crippen LogP contribution in [0.25, 0.3) is 11.4 Å². The van der Waals surface area contributed by atoms with Gasteiger partial charge >= 0.3 is 0 Å². The van der Waals surface area contributed by atoms with E-state index in [4.69, 9.17) is 0 Å². The number of carbonyl (C=O) groups excluding carboxylic acids is 1. The molecule has 1 fully saturated rings. The fourth-order valence-corrected chi connectivity index (χ4v) is 6.50. The van der Waals surface area contributed by atoms with Crippen LogP contribution in [0.3, 0.4) is 0 Å². The van der Waals surface area contributed by atoms with E-state index in [2.05, 4.69) is 29.4 Å². The highest BCUT2D eigenvalue weighted by Gasteiger charge is 2.28. The average Bonchev–Trinajstić information content (AvgIpc) is 3.10. The highest BCUT2D eigenvalue weighted by atomic mass is 32.2. The van der Waals surface area contributed by atoms with Gasteiger partial charge in [-0.1, -0.05) is 51.1 Å². The van der Waals surface area contributed by atoms with Gasteiger partial charge in [-0.15, -0.1) is 10.2 Å². The Bertz CT molecular complexity index is 1030. The maximum atomic E-state index is 13.0. The summed E-state index contributed by atoms with van der Waals surface area (Å²) >= 11 is 1.44. The third-order valence-electron chi connectivity index (χ3n) is 5.86. The van der Waals surface area contributed by atoms with Crippen LogP contribution in [-0.2, 0) is 14.8 Å². The molecule has 1 N–H and O–H groups in total. The van der Waals surface area contributed by atoms with E-state index in [9.17, 15) is 13.2 Å². The van der Waals surface area contributed by atoms with Gasteiger partial charge in [-0.05, 0) is 38.3 Å². The molecule has 3 rings (SSSR count). The number of hydrogen-bond acceptors (Lipinski definition) is 6. The Morgan fingerprint density at radius 2 is 1.97 bits per heavy atom. The minimum Gasteiger partial charge on any atom is -0.355 e. The Morgan fingerprint density at radius 3 is 2.66 bits per heavy atom. The fourth-order valence-electron chi connectivity index (χ4n) is 3.79. The first-order valence-corrected chi connectivity index (χ1v) is 13.6. The minimum atomic E-state index is -3.58. The SMILES string of the molecule is CCC(C)n1c(SC2CCCCNC2=O)nnc1-c1cccc(S(=O)(=O)N(CC)CC)c1. The quantitative estimate of drug-likeness (QED) is 0.589. The van der Waals surface area contributed by atoms with Gasteiger partial charge in [0.15, 0.2) is 11.0 Å². The molecule has 10 heteroatoms. The molecular formula is C22H33N5O3S2. The maximum absolute atomic E-state index is 13.0. The molecular weight excluding hydrogens is 446 g/mol. The molecule has 1 aromatic heterocycles. The molecule has 32 heavy (non-hydrogen) atoms. The largest absolute Gasteiger partial charge is 0.355 e. The summed E-state index contributed by atoms with van der Waals surface area (Å²) in [5.74, 6) is 0.660. The van der Waals surface area contributed by atoms with Gasteiger partial charge in [0.2, 0.25) is 15.9 Å². The van der Waals surface area contributed by atoms with Gasteiger partial charge in [-0.3, -0.25) is 9.36 Å². The monoisotopic (exact) mass is 479 g/mol.